The Morgan fingerprint density at radius 1 is 1.24 bits per heavy atom. The summed E-state index contributed by atoms with van der Waals surface area (Å²) in [5.41, 5.74) is 8.31. The Morgan fingerprint density at radius 3 is 2.42 bits per heavy atom. The van der Waals surface area contributed by atoms with Crippen LogP contribution in [0.3, 0.4) is 0 Å². The van der Waals surface area contributed by atoms with Crippen LogP contribution >= 0.6 is 12.4 Å². The Morgan fingerprint density at radius 2 is 1.88 bits per heavy atom. The summed E-state index contributed by atoms with van der Waals surface area (Å²) < 4.78 is 1.80. The van der Waals surface area contributed by atoms with Gasteiger partial charge in [0.1, 0.15) is 12.1 Å². The van der Waals surface area contributed by atoms with Crippen LogP contribution in [0.5, 0.6) is 0 Å². The summed E-state index contributed by atoms with van der Waals surface area (Å²) in [4.78, 5) is 27.3. The maximum Gasteiger partial charge on any atom is 0.243 e. The average molecular weight is 480 g/mol. The van der Waals surface area contributed by atoms with Crippen molar-refractivity contribution in [3.8, 4) is 11.3 Å². The van der Waals surface area contributed by atoms with E-state index in [1.54, 1.807) is 31.9 Å². The number of aliphatic hydroxyl groups is 1. The van der Waals surface area contributed by atoms with E-state index in [0.29, 0.717) is 6.54 Å². The van der Waals surface area contributed by atoms with Crippen molar-refractivity contribution in [3.05, 3.63) is 42.1 Å². The van der Waals surface area contributed by atoms with E-state index in [4.69, 9.17) is 5.73 Å². The highest BCUT2D eigenvalue weighted by Crippen LogP contribution is 2.22. The third-order valence-corrected chi connectivity index (χ3v) is 6.33. The van der Waals surface area contributed by atoms with Gasteiger partial charge in [-0.05, 0) is 38.2 Å². The average Bonchev–Trinajstić information content (AvgIpc) is 3.41. The summed E-state index contributed by atoms with van der Waals surface area (Å²) in [6.07, 6.45) is 1.16. The molecule has 3 atom stereocenters. The fourth-order valence-electron chi connectivity index (χ4n) is 3.92. The minimum Gasteiger partial charge on any atom is -0.391 e. The van der Waals surface area contributed by atoms with E-state index in [0.717, 1.165) is 16.8 Å². The van der Waals surface area contributed by atoms with Gasteiger partial charge in [0.2, 0.25) is 11.8 Å². The molecule has 1 aromatic carbocycles. The van der Waals surface area contributed by atoms with Crippen molar-refractivity contribution in [2.75, 3.05) is 20.6 Å². The Bertz CT molecular complexity index is 946. The molecule has 1 fully saturated rings. The number of likely N-dealkylation sites (N-methyl/N-ethyl adjacent to an activating group) is 2. The van der Waals surface area contributed by atoms with Gasteiger partial charge in [0.15, 0.2) is 0 Å². The molecule has 2 aromatic rings. The minimum atomic E-state index is -0.933. The molecule has 182 valence electrons. The summed E-state index contributed by atoms with van der Waals surface area (Å²) in [5.74, 6) is -0.707. The van der Waals surface area contributed by atoms with Crippen LogP contribution in [0.1, 0.15) is 18.9 Å². The van der Waals surface area contributed by atoms with E-state index in [1.807, 2.05) is 37.4 Å². The molecule has 2 heterocycles. The standard InChI is InChI=1S/C22H33N7O3.ClH/c1-22(24-2,25-3)19(23)21(32)29-13-16(30)11-18(29)20(31)26-12-14-5-7-15(8-6-14)17-9-10-27-28(17)4;/h5-10,16,18-19,24-25,30H,11-13,23H2,1-4H3,(H,26,31);1H/t16-,18+,19-;/m1./s1. The number of amides is 2. The van der Waals surface area contributed by atoms with Gasteiger partial charge < -0.3 is 31.7 Å². The van der Waals surface area contributed by atoms with Gasteiger partial charge in [0.05, 0.1) is 17.5 Å². The predicted molar refractivity (Wildman–Crippen MR) is 128 cm³/mol. The molecule has 2 amide bonds. The Hall–Kier alpha value is -2.50. The molecule has 0 saturated carbocycles. The van der Waals surface area contributed by atoms with Crippen molar-refractivity contribution in [1.82, 2.24) is 30.6 Å². The molecule has 11 heteroatoms. The molecule has 6 N–H and O–H groups in total. The maximum atomic E-state index is 13.0. The highest BCUT2D eigenvalue weighted by atomic mass is 35.5. The first-order valence-corrected chi connectivity index (χ1v) is 10.7. The van der Waals surface area contributed by atoms with Crippen molar-refractivity contribution < 1.29 is 14.7 Å². The number of hydrogen-bond acceptors (Lipinski definition) is 7. The van der Waals surface area contributed by atoms with Gasteiger partial charge >= 0.3 is 0 Å². The summed E-state index contributed by atoms with van der Waals surface area (Å²) in [7, 11) is 5.28. The molecule has 1 saturated heterocycles. The molecule has 0 aliphatic carbocycles. The van der Waals surface area contributed by atoms with Crippen molar-refractivity contribution in [3.63, 3.8) is 0 Å². The van der Waals surface area contributed by atoms with Gasteiger partial charge in [-0.3, -0.25) is 14.3 Å². The number of halogens is 1. The second-order valence-corrected chi connectivity index (χ2v) is 8.33. The number of aliphatic hydroxyl groups excluding tert-OH is 1. The lowest BCUT2D eigenvalue weighted by atomic mass is 10.0. The van der Waals surface area contributed by atoms with Gasteiger partial charge in [-0.25, -0.2) is 0 Å². The molecule has 0 radical (unpaired) electrons. The summed E-state index contributed by atoms with van der Waals surface area (Å²) >= 11 is 0. The number of rotatable bonds is 8. The first-order chi connectivity index (χ1) is 15.2. The number of likely N-dealkylation sites (tertiary alicyclic amines) is 1. The molecule has 1 aliphatic heterocycles. The third kappa shape index (κ3) is 5.71. The molecule has 1 aromatic heterocycles. The topological polar surface area (TPSA) is 138 Å². The van der Waals surface area contributed by atoms with Crippen LogP contribution in [0.25, 0.3) is 11.3 Å². The van der Waals surface area contributed by atoms with Crippen LogP contribution in [0.15, 0.2) is 36.5 Å². The van der Waals surface area contributed by atoms with E-state index < -0.39 is 29.8 Å². The molecule has 0 bridgehead atoms. The van der Waals surface area contributed by atoms with Gasteiger partial charge in [-0.1, -0.05) is 24.3 Å². The van der Waals surface area contributed by atoms with Crippen molar-refractivity contribution >= 4 is 24.2 Å². The number of nitrogens with zero attached hydrogens (tertiary/aromatic N) is 3. The number of β-amino-alcohol motifs (C(OH)–C–C–N with tert-alkyl or cyclic N) is 1. The Labute approximate surface area is 200 Å². The highest BCUT2D eigenvalue weighted by molar-refractivity contribution is 5.91. The predicted octanol–water partition coefficient (Wildman–Crippen LogP) is -0.431. The number of benzene rings is 1. The molecular formula is C22H34ClN7O3. The lowest BCUT2D eigenvalue weighted by molar-refractivity contribution is -0.141. The number of nitrogens with one attached hydrogen (secondary N) is 3. The number of hydrogen-bond donors (Lipinski definition) is 5. The third-order valence-electron chi connectivity index (χ3n) is 6.33. The second kappa shape index (κ2) is 11.1. The van der Waals surface area contributed by atoms with Crippen LogP contribution in [-0.4, -0.2) is 76.1 Å². The van der Waals surface area contributed by atoms with Crippen molar-refractivity contribution in [2.45, 2.75) is 43.7 Å². The zero-order chi connectivity index (χ0) is 23.5. The van der Waals surface area contributed by atoms with Crippen LogP contribution in [0.4, 0.5) is 0 Å². The van der Waals surface area contributed by atoms with Gasteiger partial charge in [0, 0.05) is 32.8 Å². The van der Waals surface area contributed by atoms with Gasteiger partial charge in [-0.15, -0.1) is 12.4 Å². The number of carbonyl (C=O) groups is 2. The molecule has 3 rings (SSSR count). The van der Waals surface area contributed by atoms with Crippen molar-refractivity contribution in [1.29, 1.82) is 0 Å². The summed E-state index contributed by atoms with van der Waals surface area (Å²) in [5, 5.41) is 23.2. The zero-order valence-electron chi connectivity index (χ0n) is 19.4. The smallest absolute Gasteiger partial charge is 0.243 e. The lowest BCUT2D eigenvalue weighted by Gasteiger charge is -2.37. The van der Waals surface area contributed by atoms with Crippen LogP contribution in [0, 0.1) is 0 Å². The van der Waals surface area contributed by atoms with Gasteiger partial charge in [-0.2, -0.15) is 5.10 Å². The maximum absolute atomic E-state index is 13.0. The Balaban J connectivity index is 0.00000385. The molecule has 10 nitrogen and oxygen atoms in total. The first kappa shape index (κ1) is 26.7. The summed E-state index contributed by atoms with van der Waals surface area (Å²) in [6.45, 7) is 2.16. The van der Waals surface area contributed by atoms with Crippen LogP contribution in [0.2, 0.25) is 0 Å². The largest absolute Gasteiger partial charge is 0.391 e. The lowest BCUT2D eigenvalue weighted by Crippen LogP contribution is -2.68. The quantitative estimate of drug-likeness (QED) is 0.324. The summed E-state index contributed by atoms with van der Waals surface area (Å²) in [6, 6.07) is 8.07. The van der Waals surface area contributed by atoms with E-state index >= 15 is 0 Å². The molecule has 33 heavy (non-hydrogen) atoms. The highest BCUT2D eigenvalue weighted by Gasteiger charge is 2.44. The number of nitrogens with two attached hydrogens (primary N) is 1. The first-order valence-electron chi connectivity index (χ1n) is 10.7. The number of aryl methyl sites for hydroxylation is 1. The second-order valence-electron chi connectivity index (χ2n) is 8.33. The van der Waals surface area contributed by atoms with E-state index in [9.17, 15) is 14.7 Å². The number of aromatic nitrogens is 2. The molecule has 0 unspecified atom stereocenters. The minimum absolute atomic E-state index is 0. The molecule has 0 spiro atoms. The van der Waals surface area contributed by atoms with Gasteiger partial charge in [0.25, 0.3) is 0 Å². The molecular weight excluding hydrogens is 446 g/mol. The van der Waals surface area contributed by atoms with E-state index in [-0.39, 0.29) is 31.3 Å². The van der Waals surface area contributed by atoms with E-state index in [2.05, 4.69) is 21.0 Å². The Kier molecular flexibility index (Phi) is 8.98. The monoisotopic (exact) mass is 479 g/mol. The normalized spacial score (nSPS) is 19.2. The van der Waals surface area contributed by atoms with Crippen LogP contribution < -0.4 is 21.7 Å². The van der Waals surface area contributed by atoms with Crippen LogP contribution in [-0.2, 0) is 23.2 Å². The zero-order valence-corrected chi connectivity index (χ0v) is 20.2. The fourth-order valence-corrected chi connectivity index (χ4v) is 3.92. The molecule has 1 aliphatic rings. The number of carbonyl (C=O) groups excluding carboxylic acids is 2. The van der Waals surface area contributed by atoms with E-state index in [1.165, 1.54) is 4.90 Å². The fraction of sp³-hybridized carbons (Fsp3) is 0.500. The SMILES string of the molecule is CNC(C)(NC)[C@H](N)C(=O)N1C[C@H](O)C[C@H]1C(=O)NCc1ccc(-c2ccnn2C)cc1.Cl. The van der Waals surface area contributed by atoms with Crippen molar-refractivity contribution in [2.24, 2.45) is 12.8 Å².